The summed E-state index contributed by atoms with van der Waals surface area (Å²) in [4.78, 5) is 34.8. The van der Waals surface area contributed by atoms with Gasteiger partial charge in [-0.05, 0) is 7.05 Å². The Morgan fingerprint density at radius 3 is 2.29 bits per heavy atom. The van der Waals surface area contributed by atoms with E-state index in [0.717, 1.165) is 0 Å². The van der Waals surface area contributed by atoms with Gasteiger partial charge in [0.2, 0.25) is 5.91 Å². The second kappa shape index (κ2) is 7.61. The molecule has 0 aromatic carbocycles. The molecule has 7 nitrogen and oxygen atoms in total. The molecule has 1 N–H and O–H groups in total. The van der Waals surface area contributed by atoms with E-state index in [1.807, 2.05) is 5.32 Å². The lowest BCUT2D eigenvalue weighted by molar-refractivity contribution is -0.145. The van der Waals surface area contributed by atoms with Crippen LogP contribution < -0.4 is 5.32 Å². The molecule has 0 radical (unpaired) electrons. The van der Waals surface area contributed by atoms with Gasteiger partial charge in [0, 0.05) is 6.54 Å². The summed E-state index contributed by atoms with van der Waals surface area (Å²) < 4.78 is 8.84. The summed E-state index contributed by atoms with van der Waals surface area (Å²) in [6.07, 6.45) is -0.801. The van der Waals surface area contributed by atoms with E-state index in [1.165, 1.54) is 14.2 Å². The van der Waals surface area contributed by atoms with Crippen LogP contribution in [0, 0.1) is 5.92 Å². The minimum absolute atomic E-state index is 0.00354. The van der Waals surface area contributed by atoms with Crippen molar-refractivity contribution in [3.05, 3.63) is 0 Å². The first-order valence-corrected chi connectivity index (χ1v) is 5.04. The zero-order valence-electron chi connectivity index (χ0n) is 10.5. The molecule has 0 saturated carbocycles. The number of hydrogen-bond acceptors (Lipinski definition) is 6. The molecule has 0 bridgehead atoms. The van der Waals surface area contributed by atoms with E-state index in [2.05, 4.69) is 9.47 Å². The SMILES string of the molecule is COC(=O)NC(=O)CN(C)CC(C)C(=O)OC. The molecule has 0 aliphatic rings. The fraction of sp³-hybridized carbons (Fsp3) is 0.700. The largest absolute Gasteiger partial charge is 0.469 e. The molecule has 0 aromatic rings. The molecule has 0 saturated heterocycles. The van der Waals surface area contributed by atoms with Crippen LogP contribution in [-0.2, 0) is 19.1 Å². The van der Waals surface area contributed by atoms with E-state index in [0.29, 0.717) is 6.54 Å². The number of esters is 1. The van der Waals surface area contributed by atoms with Crippen LogP contribution in [0.1, 0.15) is 6.92 Å². The molecule has 1 unspecified atom stereocenters. The number of hydrogen-bond donors (Lipinski definition) is 1. The Bertz CT molecular complexity index is 292. The topological polar surface area (TPSA) is 84.9 Å². The number of nitrogens with zero attached hydrogens (tertiary/aromatic N) is 1. The number of alkyl carbamates (subject to hydrolysis) is 1. The predicted molar refractivity (Wildman–Crippen MR) is 59.2 cm³/mol. The van der Waals surface area contributed by atoms with Crippen molar-refractivity contribution in [2.24, 2.45) is 5.92 Å². The molecule has 98 valence electrons. The Balaban J connectivity index is 4.01. The smallest absolute Gasteiger partial charge is 0.413 e. The lowest BCUT2D eigenvalue weighted by Gasteiger charge is -2.18. The second-order valence-electron chi connectivity index (χ2n) is 3.66. The first-order valence-electron chi connectivity index (χ1n) is 5.04. The number of imide groups is 1. The minimum atomic E-state index is -0.801. The van der Waals surface area contributed by atoms with Crippen LogP contribution in [0.5, 0.6) is 0 Å². The summed E-state index contributed by atoms with van der Waals surface area (Å²) in [5.74, 6) is -1.17. The average Bonchev–Trinajstić information content (AvgIpc) is 2.26. The zero-order valence-corrected chi connectivity index (χ0v) is 10.5. The summed E-state index contributed by atoms with van der Waals surface area (Å²) in [7, 11) is 4.14. The first kappa shape index (κ1) is 15.4. The number of rotatable bonds is 5. The van der Waals surface area contributed by atoms with Crippen LogP contribution in [0.3, 0.4) is 0 Å². The summed E-state index contributed by atoms with van der Waals surface area (Å²) in [6.45, 7) is 2.05. The van der Waals surface area contributed by atoms with E-state index in [9.17, 15) is 14.4 Å². The maximum atomic E-state index is 11.3. The predicted octanol–water partition coefficient (Wildman–Crippen LogP) is -0.390. The Kier molecular flexibility index (Phi) is 6.88. The van der Waals surface area contributed by atoms with Crippen molar-refractivity contribution < 1.29 is 23.9 Å². The van der Waals surface area contributed by atoms with Crippen molar-refractivity contribution >= 4 is 18.0 Å². The van der Waals surface area contributed by atoms with Crippen LogP contribution in [0.25, 0.3) is 0 Å². The maximum Gasteiger partial charge on any atom is 0.413 e. The van der Waals surface area contributed by atoms with Gasteiger partial charge in [0.1, 0.15) is 0 Å². The van der Waals surface area contributed by atoms with Crippen molar-refractivity contribution in [1.29, 1.82) is 0 Å². The molecule has 0 rings (SSSR count). The Labute approximate surface area is 100 Å². The number of ether oxygens (including phenoxy) is 2. The van der Waals surface area contributed by atoms with Gasteiger partial charge in [0.15, 0.2) is 0 Å². The van der Waals surface area contributed by atoms with Crippen LogP contribution >= 0.6 is 0 Å². The molecule has 17 heavy (non-hydrogen) atoms. The molecule has 0 spiro atoms. The lowest BCUT2D eigenvalue weighted by atomic mass is 10.2. The van der Waals surface area contributed by atoms with Crippen molar-refractivity contribution in [3.63, 3.8) is 0 Å². The van der Waals surface area contributed by atoms with Crippen LogP contribution in [0.15, 0.2) is 0 Å². The quantitative estimate of drug-likeness (QED) is 0.665. The zero-order chi connectivity index (χ0) is 13.4. The molecule has 0 aliphatic carbocycles. The van der Waals surface area contributed by atoms with Gasteiger partial charge < -0.3 is 9.47 Å². The van der Waals surface area contributed by atoms with Crippen LogP contribution in [0.2, 0.25) is 0 Å². The highest BCUT2D eigenvalue weighted by atomic mass is 16.5. The number of carbonyl (C=O) groups is 3. The van der Waals surface area contributed by atoms with E-state index in [4.69, 9.17) is 0 Å². The second-order valence-corrected chi connectivity index (χ2v) is 3.66. The van der Waals surface area contributed by atoms with Gasteiger partial charge in [-0.1, -0.05) is 6.92 Å². The van der Waals surface area contributed by atoms with Gasteiger partial charge in [0.05, 0.1) is 26.7 Å². The fourth-order valence-electron chi connectivity index (χ4n) is 1.26. The number of amides is 2. The van der Waals surface area contributed by atoms with Gasteiger partial charge in [-0.3, -0.25) is 19.8 Å². The molecule has 0 aromatic heterocycles. The highest BCUT2D eigenvalue weighted by Gasteiger charge is 2.17. The molecule has 0 heterocycles. The number of methoxy groups -OCH3 is 2. The highest BCUT2D eigenvalue weighted by Crippen LogP contribution is 2.00. The van der Waals surface area contributed by atoms with E-state index >= 15 is 0 Å². The van der Waals surface area contributed by atoms with E-state index in [-0.39, 0.29) is 18.4 Å². The molecule has 0 fully saturated rings. The normalized spacial score (nSPS) is 11.8. The third-order valence-corrected chi connectivity index (χ3v) is 2.03. The summed E-state index contributed by atoms with van der Waals surface area (Å²) in [5.41, 5.74) is 0. The third kappa shape index (κ3) is 6.52. The number of nitrogens with one attached hydrogen (secondary N) is 1. The summed E-state index contributed by atoms with van der Waals surface area (Å²) >= 11 is 0. The third-order valence-electron chi connectivity index (χ3n) is 2.03. The fourth-order valence-corrected chi connectivity index (χ4v) is 1.26. The van der Waals surface area contributed by atoms with E-state index in [1.54, 1.807) is 18.9 Å². The highest BCUT2D eigenvalue weighted by molar-refractivity contribution is 5.92. The molecular weight excluding hydrogens is 228 g/mol. The Morgan fingerprint density at radius 1 is 1.24 bits per heavy atom. The van der Waals surface area contributed by atoms with Gasteiger partial charge in [-0.25, -0.2) is 4.79 Å². The van der Waals surface area contributed by atoms with Crippen molar-refractivity contribution in [2.75, 3.05) is 34.4 Å². The van der Waals surface area contributed by atoms with Crippen molar-refractivity contribution in [1.82, 2.24) is 10.2 Å². The number of likely N-dealkylation sites (N-methyl/N-ethyl adjacent to an activating group) is 1. The molecule has 7 heteroatoms. The molecule has 2 amide bonds. The van der Waals surface area contributed by atoms with Crippen LogP contribution in [0.4, 0.5) is 4.79 Å². The standard InChI is InChI=1S/C10H18N2O5/c1-7(9(14)16-3)5-12(2)6-8(13)11-10(15)17-4/h7H,5-6H2,1-4H3,(H,11,13,15). The Hall–Kier alpha value is -1.63. The molecule has 0 aliphatic heterocycles. The van der Waals surface area contributed by atoms with Crippen molar-refractivity contribution in [2.45, 2.75) is 6.92 Å². The van der Waals surface area contributed by atoms with Gasteiger partial charge in [-0.2, -0.15) is 0 Å². The van der Waals surface area contributed by atoms with Gasteiger partial charge in [0.25, 0.3) is 0 Å². The monoisotopic (exact) mass is 246 g/mol. The van der Waals surface area contributed by atoms with Gasteiger partial charge >= 0.3 is 12.1 Å². The first-order chi connectivity index (χ1) is 7.90. The average molecular weight is 246 g/mol. The Morgan fingerprint density at radius 2 is 1.82 bits per heavy atom. The maximum absolute atomic E-state index is 11.3. The van der Waals surface area contributed by atoms with E-state index < -0.39 is 12.0 Å². The lowest BCUT2D eigenvalue weighted by Crippen LogP contribution is -2.40. The van der Waals surface area contributed by atoms with Gasteiger partial charge in [-0.15, -0.1) is 0 Å². The summed E-state index contributed by atoms with van der Waals surface area (Å²) in [6, 6.07) is 0. The molecule has 1 atom stereocenters. The summed E-state index contributed by atoms with van der Waals surface area (Å²) in [5, 5.41) is 2.02. The van der Waals surface area contributed by atoms with Crippen LogP contribution in [-0.4, -0.2) is 57.2 Å². The van der Waals surface area contributed by atoms with Crippen molar-refractivity contribution in [3.8, 4) is 0 Å². The number of carbonyl (C=O) groups excluding carboxylic acids is 3. The minimum Gasteiger partial charge on any atom is -0.469 e. The molecular formula is C10H18N2O5.